The highest BCUT2D eigenvalue weighted by atomic mass is 16.5. The zero-order chi connectivity index (χ0) is 18.4. The lowest BCUT2D eigenvalue weighted by Gasteiger charge is -2.16. The van der Waals surface area contributed by atoms with Gasteiger partial charge in [0.1, 0.15) is 0 Å². The second kappa shape index (κ2) is 8.53. The van der Waals surface area contributed by atoms with Gasteiger partial charge in [-0.15, -0.1) is 0 Å². The number of anilines is 1. The maximum Gasteiger partial charge on any atom is 0.228 e. The van der Waals surface area contributed by atoms with Crippen molar-refractivity contribution in [2.75, 3.05) is 33.6 Å². The van der Waals surface area contributed by atoms with Crippen LogP contribution < -0.4 is 14.8 Å². The number of nitrogens with zero attached hydrogens (tertiary/aromatic N) is 1. The summed E-state index contributed by atoms with van der Waals surface area (Å²) in [5, 5.41) is 3.02. The fourth-order valence-corrected chi connectivity index (χ4v) is 2.69. The van der Waals surface area contributed by atoms with Crippen LogP contribution in [0.2, 0.25) is 0 Å². The summed E-state index contributed by atoms with van der Waals surface area (Å²) in [5.74, 6) is 1.21. The Morgan fingerprint density at radius 1 is 1.04 bits per heavy atom. The monoisotopic (exact) mass is 342 g/mol. The fraction of sp³-hybridized carbons (Fsp3) is 0.350. The average Bonchev–Trinajstić information content (AvgIpc) is 2.56. The van der Waals surface area contributed by atoms with Crippen LogP contribution in [0.4, 0.5) is 5.69 Å². The first-order valence-electron chi connectivity index (χ1n) is 8.18. The molecule has 0 aliphatic heterocycles. The minimum Gasteiger partial charge on any atom is -0.493 e. The molecule has 0 bridgehead atoms. The molecule has 0 saturated carbocycles. The molecule has 0 radical (unpaired) electrons. The largest absolute Gasteiger partial charge is 0.493 e. The molecule has 1 N–H and O–H groups in total. The van der Waals surface area contributed by atoms with Crippen molar-refractivity contribution in [3.63, 3.8) is 0 Å². The van der Waals surface area contributed by atoms with Gasteiger partial charge in [-0.05, 0) is 50.3 Å². The third kappa shape index (κ3) is 5.22. The van der Waals surface area contributed by atoms with E-state index < -0.39 is 0 Å². The molecule has 0 aromatic heterocycles. The van der Waals surface area contributed by atoms with Crippen LogP contribution in [0.5, 0.6) is 11.5 Å². The number of methoxy groups -OCH3 is 2. The summed E-state index contributed by atoms with van der Waals surface area (Å²) in [4.78, 5) is 14.5. The molecular formula is C20H26N2O3. The van der Waals surface area contributed by atoms with Crippen LogP contribution in [0, 0.1) is 6.92 Å². The highest BCUT2D eigenvalue weighted by Gasteiger charge is 2.11. The molecule has 0 aliphatic carbocycles. The van der Waals surface area contributed by atoms with E-state index in [-0.39, 0.29) is 12.3 Å². The van der Waals surface area contributed by atoms with Gasteiger partial charge >= 0.3 is 0 Å². The number of hydrogen-bond acceptors (Lipinski definition) is 4. The minimum atomic E-state index is -0.0592. The van der Waals surface area contributed by atoms with Crippen molar-refractivity contribution >= 4 is 11.6 Å². The third-order valence-electron chi connectivity index (χ3n) is 3.83. The second-order valence-electron chi connectivity index (χ2n) is 6.31. The Kier molecular flexibility index (Phi) is 6.42. The van der Waals surface area contributed by atoms with Crippen LogP contribution in [0.25, 0.3) is 0 Å². The number of aryl methyl sites for hydroxylation is 1. The lowest BCUT2D eigenvalue weighted by molar-refractivity contribution is -0.115. The Morgan fingerprint density at radius 3 is 2.40 bits per heavy atom. The summed E-state index contributed by atoms with van der Waals surface area (Å²) in [7, 11) is 7.20. The molecule has 0 saturated heterocycles. The van der Waals surface area contributed by atoms with E-state index >= 15 is 0 Å². The summed E-state index contributed by atoms with van der Waals surface area (Å²) in [6.07, 6.45) is 0.273. The van der Waals surface area contributed by atoms with Crippen molar-refractivity contribution in [3.05, 3.63) is 53.1 Å². The first-order chi connectivity index (χ1) is 11.9. The molecule has 0 fully saturated rings. The van der Waals surface area contributed by atoms with Crippen LogP contribution in [0.15, 0.2) is 36.4 Å². The Morgan fingerprint density at radius 2 is 1.76 bits per heavy atom. The van der Waals surface area contributed by atoms with Gasteiger partial charge in [0.05, 0.1) is 20.6 Å². The fourth-order valence-electron chi connectivity index (χ4n) is 2.69. The van der Waals surface area contributed by atoms with Gasteiger partial charge in [-0.2, -0.15) is 0 Å². The summed E-state index contributed by atoms with van der Waals surface area (Å²) in [6.45, 7) is 2.82. The summed E-state index contributed by atoms with van der Waals surface area (Å²) >= 11 is 0. The maximum absolute atomic E-state index is 12.5. The third-order valence-corrected chi connectivity index (χ3v) is 3.83. The van der Waals surface area contributed by atoms with Gasteiger partial charge in [-0.1, -0.05) is 23.8 Å². The summed E-state index contributed by atoms with van der Waals surface area (Å²) in [5.41, 5.74) is 4.00. The molecular weight excluding hydrogens is 316 g/mol. The Hall–Kier alpha value is -2.53. The quantitative estimate of drug-likeness (QED) is 0.839. The molecule has 25 heavy (non-hydrogen) atoms. The first kappa shape index (κ1) is 18.8. The number of ether oxygens (including phenoxy) is 2. The zero-order valence-electron chi connectivity index (χ0n) is 15.6. The topological polar surface area (TPSA) is 50.8 Å². The Labute approximate surface area is 149 Å². The van der Waals surface area contributed by atoms with Gasteiger partial charge in [0.25, 0.3) is 0 Å². The lowest BCUT2D eigenvalue weighted by Crippen LogP contribution is -2.18. The van der Waals surface area contributed by atoms with E-state index in [1.165, 1.54) is 5.56 Å². The van der Waals surface area contributed by atoms with Crippen LogP contribution >= 0.6 is 0 Å². The second-order valence-corrected chi connectivity index (χ2v) is 6.31. The number of rotatable bonds is 7. The van der Waals surface area contributed by atoms with Gasteiger partial charge < -0.3 is 19.7 Å². The van der Waals surface area contributed by atoms with Gasteiger partial charge in [0.2, 0.25) is 5.91 Å². The highest BCUT2D eigenvalue weighted by molar-refractivity contribution is 5.93. The molecule has 2 aromatic rings. The lowest BCUT2D eigenvalue weighted by atomic mass is 10.1. The molecule has 134 valence electrons. The summed E-state index contributed by atoms with van der Waals surface area (Å²) in [6, 6.07) is 11.6. The molecule has 5 nitrogen and oxygen atoms in total. The van der Waals surface area contributed by atoms with E-state index in [0.29, 0.717) is 11.5 Å². The van der Waals surface area contributed by atoms with Gasteiger partial charge in [0.15, 0.2) is 11.5 Å². The van der Waals surface area contributed by atoms with E-state index in [1.807, 2.05) is 51.4 Å². The van der Waals surface area contributed by atoms with Crippen LogP contribution in [-0.2, 0) is 17.8 Å². The van der Waals surface area contributed by atoms with Crippen molar-refractivity contribution in [3.8, 4) is 11.5 Å². The van der Waals surface area contributed by atoms with Crippen LogP contribution in [0.1, 0.15) is 16.7 Å². The maximum atomic E-state index is 12.5. The van der Waals surface area contributed by atoms with Crippen molar-refractivity contribution in [2.24, 2.45) is 0 Å². The van der Waals surface area contributed by atoms with E-state index in [0.717, 1.165) is 23.4 Å². The standard InChI is InChI=1S/C20H26N2O3/c1-14-6-8-17(16(10-14)13-22(2)3)21-20(23)12-15-7-9-18(24-4)19(11-15)25-5/h6-11H,12-13H2,1-5H3,(H,21,23). The number of carbonyl (C=O) groups excluding carboxylic acids is 1. The molecule has 0 spiro atoms. The molecule has 5 heteroatoms. The highest BCUT2D eigenvalue weighted by Crippen LogP contribution is 2.28. The average molecular weight is 342 g/mol. The van der Waals surface area contributed by atoms with Crippen molar-refractivity contribution < 1.29 is 14.3 Å². The summed E-state index contributed by atoms with van der Waals surface area (Å²) < 4.78 is 10.5. The number of carbonyl (C=O) groups is 1. The van der Waals surface area contributed by atoms with Gasteiger partial charge in [-0.25, -0.2) is 0 Å². The van der Waals surface area contributed by atoms with Gasteiger partial charge in [-0.3, -0.25) is 4.79 Å². The predicted octanol–water partition coefficient (Wildman–Crippen LogP) is 3.26. The molecule has 2 rings (SSSR count). The number of benzene rings is 2. The minimum absolute atomic E-state index is 0.0592. The van der Waals surface area contributed by atoms with E-state index in [2.05, 4.69) is 16.3 Å². The Balaban J connectivity index is 2.13. The number of hydrogen-bond donors (Lipinski definition) is 1. The first-order valence-corrected chi connectivity index (χ1v) is 8.18. The molecule has 0 unspecified atom stereocenters. The van der Waals surface area contributed by atoms with E-state index in [4.69, 9.17) is 9.47 Å². The van der Waals surface area contributed by atoms with E-state index in [9.17, 15) is 4.79 Å². The number of nitrogens with one attached hydrogen (secondary N) is 1. The predicted molar refractivity (Wildman–Crippen MR) is 100 cm³/mol. The number of amides is 1. The van der Waals surface area contributed by atoms with Crippen molar-refractivity contribution in [1.29, 1.82) is 0 Å². The molecule has 2 aromatic carbocycles. The molecule has 0 atom stereocenters. The molecule has 1 amide bonds. The van der Waals surface area contributed by atoms with Gasteiger partial charge in [0, 0.05) is 12.2 Å². The molecule has 0 heterocycles. The smallest absolute Gasteiger partial charge is 0.228 e. The Bertz CT molecular complexity index is 742. The normalized spacial score (nSPS) is 10.6. The zero-order valence-corrected chi connectivity index (χ0v) is 15.6. The van der Waals surface area contributed by atoms with Crippen molar-refractivity contribution in [1.82, 2.24) is 4.90 Å². The molecule has 0 aliphatic rings. The van der Waals surface area contributed by atoms with Crippen LogP contribution in [0.3, 0.4) is 0 Å². The van der Waals surface area contributed by atoms with Crippen LogP contribution in [-0.4, -0.2) is 39.1 Å². The van der Waals surface area contributed by atoms with E-state index in [1.54, 1.807) is 14.2 Å². The van der Waals surface area contributed by atoms with Crippen molar-refractivity contribution in [2.45, 2.75) is 19.9 Å². The SMILES string of the molecule is COc1ccc(CC(=O)Nc2ccc(C)cc2CN(C)C)cc1OC.